The molecule has 0 saturated carbocycles. The minimum Gasteiger partial charge on any atom is -0.481 e. The van der Waals surface area contributed by atoms with E-state index in [1.807, 2.05) is 6.92 Å². The molecule has 2 N–H and O–H groups in total. The molecule has 0 aromatic heterocycles. The zero-order valence-electron chi connectivity index (χ0n) is 11.8. The second-order valence-electron chi connectivity index (χ2n) is 5.92. The third-order valence-electron chi connectivity index (χ3n) is 4.36. The Morgan fingerprint density at radius 3 is 2.80 bits per heavy atom. The molecule has 2 heterocycles. The number of carbonyl (C=O) groups is 3. The van der Waals surface area contributed by atoms with Gasteiger partial charge in [-0.2, -0.15) is 0 Å². The smallest absolute Gasteiger partial charge is 0.303 e. The molecule has 3 atom stereocenters. The van der Waals surface area contributed by atoms with Crippen LogP contribution in [0.4, 0.5) is 0 Å². The highest BCUT2D eigenvalue weighted by Crippen LogP contribution is 2.27. The van der Waals surface area contributed by atoms with Crippen molar-refractivity contribution < 1.29 is 19.5 Å². The third kappa shape index (κ3) is 3.49. The second kappa shape index (κ2) is 6.24. The number of piperidine rings is 1. The van der Waals surface area contributed by atoms with Crippen molar-refractivity contribution in [3.8, 4) is 0 Å². The van der Waals surface area contributed by atoms with Crippen molar-refractivity contribution in [3.63, 3.8) is 0 Å². The Morgan fingerprint density at radius 1 is 1.45 bits per heavy atom. The molecule has 112 valence electrons. The highest BCUT2D eigenvalue weighted by atomic mass is 16.4. The minimum absolute atomic E-state index is 0.0110. The van der Waals surface area contributed by atoms with Gasteiger partial charge in [0, 0.05) is 25.9 Å². The van der Waals surface area contributed by atoms with Crippen LogP contribution in [0.3, 0.4) is 0 Å². The van der Waals surface area contributed by atoms with Crippen LogP contribution in [0.15, 0.2) is 0 Å². The normalized spacial score (nSPS) is 28.1. The standard InChI is InChI=1S/C14H22N2O4/c1-9(7-13(18)19)10-3-2-6-16(8-10)14(20)11-4-5-12(17)15-11/h9-11H,2-8H2,1H3,(H,15,17)(H,18,19)/t9?,10?,11-/m1/s1. The van der Waals surface area contributed by atoms with E-state index in [9.17, 15) is 14.4 Å². The molecule has 2 fully saturated rings. The van der Waals surface area contributed by atoms with Gasteiger partial charge in [0.25, 0.3) is 0 Å². The molecule has 20 heavy (non-hydrogen) atoms. The number of carboxylic acid groups (broad SMARTS) is 1. The Morgan fingerprint density at radius 2 is 2.20 bits per heavy atom. The SMILES string of the molecule is CC(CC(=O)O)C1CCCN(C(=O)[C@H]2CCC(=O)N2)C1. The van der Waals surface area contributed by atoms with Gasteiger partial charge in [0.1, 0.15) is 6.04 Å². The first-order valence-corrected chi connectivity index (χ1v) is 7.27. The monoisotopic (exact) mass is 282 g/mol. The molecule has 2 aliphatic rings. The third-order valence-corrected chi connectivity index (χ3v) is 4.36. The first kappa shape index (κ1) is 14.8. The quantitative estimate of drug-likeness (QED) is 0.791. The maximum absolute atomic E-state index is 12.3. The highest BCUT2D eigenvalue weighted by Gasteiger charge is 2.34. The molecule has 0 aromatic carbocycles. The van der Waals surface area contributed by atoms with Gasteiger partial charge in [-0.25, -0.2) is 0 Å². The predicted molar refractivity (Wildman–Crippen MR) is 71.9 cm³/mol. The second-order valence-corrected chi connectivity index (χ2v) is 5.92. The van der Waals surface area contributed by atoms with Crippen LogP contribution in [0.2, 0.25) is 0 Å². The maximum atomic E-state index is 12.3. The lowest BCUT2D eigenvalue weighted by Gasteiger charge is -2.36. The van der Waals surface area contributed by atoms with E-state index in [2.05, 4.69) is 5.32 Å². The molecular weight excluding hydrogens is 260 g/mol. The van der Waals surface area contributed by atoms with Crippen molar-refractivity contribution in [1.82, 2.24) is 10.2 Å². The molecular formula is C14H22N2O4. The lowest BCUT2D eigenvalue weighted by atomic mass is 9.84. The van der Waals surface area contributed by atoms with E-state index in [0.717, 1.165) is 12.8 Å². The molecule has 2 rings (SSSR count). The minimum atomic E-state index is -0.788. The van der Waals surface area contributed by atoms with Crippen molar-refractivity contribution in [1.29, 1.82) is 0 Å². The summed E-state index contributed by atoms with van der Waals surface area (Å²) in [5, 5.41) is 11.6. The molecule has 0 spiro atoms. The fraction of sp³-hybridized carbons (Fsp3) is 0.786. The summed E-state index contributed by atoms with van der Waals surface area (Å²) in [6, 6.07) is -0.379. The van der Waals surface area contributed by atoms with Crippen LogP contribution >= 0.6 is 0 Å². The first-order chi connectivity index (χ1) is 9.47. The van der Waals surface area contributed by atoms with E-state index in [0.29, 0.717) is 25.9 Å². The molecule has 2 saturated heterocycles. The number of nitrogens with one attached hydrogen (secondary N) is 1. The van der Waals surface area contributed by atoms with Crippen molar-refractivity contribution >= 4 is 17.8 Å². The molecule has 0 radical (unpaired) electrons. The van der Waals surface area contributed by atoms with Gasteiger partial charge >= 0.3 is 5.97 Å². The number of rotatable bonds is 4. The van der Waals surface area contributed by atoms with E-state index in [4.69, 9.17) is 5.11 Å². The van der Waals surface area contributed by atoms with E-state index < -0.39 is 5.97 Å². The topological polar surface area (TPSA) is 86.7 Å². The van der Waals surface area contributed by atoms with E-state index >= 15 is 0 Å². The van der Waals surface area contributed by atoms with Gasteiger partial charge in [0.05, 0.1) is 0 Å². The largest absolute Gasteiger partial charge is 0.481 e. The van der Waals surface area contributed by atoms with Gasteiger partial charge in [0.2, 0.25) is 11.8 Å². The summed E-state index contributed by atoms with van der Waals surface area (Å²) in [6.07, 6.45) is 3.01. The van der Waals surface area contributed by atoms with Crippen molar-refractivity contribution in [2.45, 2.75) is 45.1 Å². The lowest BCUT2D eigenvalue weighted by Crippen LogP contribution is -2.49. The van der Waals surface area contributed by atoms with Gasteiger partial charge in [-0.15, -0.1) is 0 Å². The van der Waals surface area contributed by atoms with Gasteiger partial charge in [-0.3, -0.25) is 14.4 Å². The van der Waals surface area contributed by atoms with E-state index in [1.165, 1.54) is 0 Å². The van der Waals surface area contributed by atoms with E-state index in [1.54, 1.807) is 4.90 Å². The lowest BCUT2D eigenvalue weighted by molar-refractivity contribution is -0.139. The van der Waals surface area contributed by atoms with Gasteiger partial charge in [-0.05, 0) is 31.1 Å². The van der Waals surface area contributed by atoms with Crippen LogP contribution in [0.25, 0.3) is 0 Å². The van der Waals surface area contributed by atoms with Crippen LogP contribution in [-0.2, 0) is 14.4 Å². The van der Waals surface area contributed by atoms with Crippen LogP contribution in [0.5, 0.6) is 0 Å². The highest BCUT2D eigenvalue weighted by molar-refractivity contribution is 5.90. The molecule has 2 aliphatic heterocycles. The van der Waals surface area contributed by atoms with E-state index in [-0.39, 0.29) is 36.1 Å². The number of hydrogen-bond donors (Lipinski definition) is 2. The average molecular weight is 282 g/mol. The molecule has 2 unspecified atom stereocenters. The zero-order chi connectivity index (χ0) is 14.7. The van der Waals surface area contributed by atoms with Gasteiger partial charge in [0.15, 0.2) is 0 Å². The molecule has 0 bridgehead atoms. The van der Waals surface area contributed by atoms with Crippen LogP contribution in [0, 0.1) is 11.8 Å². The summed E-state index contributed by atoms with van der Waals surface area (Å²) >= 11 is 0. The summed E-state index contributed by atoms with van der Waals surface area (Å²) in [5.74, 6) is -0.551. The van der Waals surface area contributed by atoms with Crippen molar-refractivity contribution in [3.05, 3.63) is 0 Å². The molecule has 2 amide bonds. The number of carbonyl (C=O) groups excluding carboxylic acids is 2. The maximum Gasteiger partial charge on any atom is 0.303 e. The molecule has 0 aliphatic carbocycles. The summed E-state index contributed by atoms with van der Waals surface area (Å²) in [7, 11) is 0. The Bertz CT molecular complexity index is 410. The number of amides is 2. The number of carboxylic acids is 1. The molecule has 6 nitrogen and oxygen atoms in total. The van der Waals surface area contributed by atoms with Gasteiger partial charge < -0.3 is 15.3 Å². The predicted octanol–water partition coefficient (Wildman–Crippen LogP) is 0.614. The number of likely N-dealkylation sites (tertiary alicyclic amines) is 1. The Balaban J connectivity index is 1.91. The summed E-state index contributed by atoms with van der Waals surface area (Å²) < 4.78 is 0. The van der Waals surface area contributed by atoms with Crippen molar-refractivity contribution in [2.75, 3.05) is 13.1 Å². The van der Waals surface area contributed by atoms with Crippen molar-refractivity contribution in [2.24, 2.45) is 11.8 Å². The molecule has 6 heteroatoms. The zero-order valence-corrected chi connectivity index (χ0v) is 11.8. The number of nitrogens with zero attached hydrogens (tertiary/aromatic N) is 1. The average Bonchev–Trinajstić information content (AvgIpc) is 2.84. The summed E-state index contributed by atoms with van der Waals surface area (Å²) in [5.41, 5.74) is 0. The van der Waals surface area contributed by atoms with Crippen LogP contribution < -0.4 is 5.32 Å². The first-order valence-electron chi connectivity index (χ1n) is 7.27. The molecule has 0 aromatic rings. The number of aliphatic carboxylic acids is 1. The Labute approximate surface area is 118 Å². The van der Waals surface area contributed by atoms with Crippen LogP contribution in [0.1, 0.15) is 39.0 Å². The van der Waals surface area contributed by atoms with Gasteiger partial charge in [-0.1, -0.05) is 6.92 Å². The fourth-order valence-electron chi connectivity index (χ4n) is 3.14. The van der Waals surface area contributed by atoms with Crippen LogP contribution in [-0.4, -0.2) is 46.9 Å². The summed E-state index contributed by atoms with van der Waals surface area (Å²) in [6.45, 7) is 3.26. The summed E-state index contributed by atoms with van der Waals surface area (Å²) in [4.78, 5) is 36.1. The number of hydrogen-bond acceptors (Lipinski definition) is 3. The Kier molecular flexibility index (Phi) is 4.62. The Hall–Kier alpha value is -1.59. The fourth-order valence-corrected chi connectivity index (χ4v) is 3.14.